The van der Waals surface area contributed by atoms with E-state index in [0.29, 0.717) is 6.29 Å². The number of rotatable bonds is 3. The van der Waals surface area contributed by atoms with Gasteiger partial charge in [-0.2, -0.15) is 5.26 Å². The number of hydrogen-bond donors (Lipinski definition) is 0. The molecular weight excluding hydrogens is 218 g/mol. The predicted octanol–water partition coefficient (Wildman–Crippen LogP) is 1.76. The van der Waals surface area contributed by atoms with Crippen molar-refractivity contribution in [1.29, 1.82) is 5.26 Å². The van der Waals surface area contributed by atoms with Gasteiger partial charge >= 0.3 is 0 Å². The normalized spacial score (nSPS) is 9.13. The van der Waals surface area contributed by atoms with E-state index in [1.807, 2.05) is 6.07 Å². The van der Waals surface area contributed by atoms with Gasteiger partial charge in [-0.15, -0.1) is 0 Å². The lowest BCUT2D eigenvalue weighted by molar-refractivity contribution is 0.107. The Labute approximate surface area is 91.0 Å². The summed E-state index contributed by atoms with van der Waals surface area (Å²) in [6.07, 6.45) is 0.487. The van der Waals surface area contributed by atoms with Crippen LogP contribution in [-0.4, -0.2) is 18.6 Å². The molecule has 0 amide bonds. The van der Waals surface area contributed by atoms with Crippen LogP contribution in [0.25, 0.3) is 0 Å². The molecule has 0 atom stereocenters. The van der Waals surface area contributed by atoms with Crippen LogP contribution in [0, 0.1) is 11.3 Å². The highest BCUT2D eigenvalue weighted by Gasteiger charge is 2.14. The summed E-state index contributed by atoms with van der Waals surface area (Å²) in [7, 11) is 1.35. The van der Waals surface area contributed by atoms with Crippen molar-refractivity contribution in [2.45, 2.75) is 0 Å². The van der Waals surface area contributed by atoms with Gasteiger partial charge in [0, 0.05) is 5.56 Å². The lowest BCUT2D eigenvalue weighted by atomic mass is 10.1. The number of aldehydes is 1. The van der Waals surface area contributed by atoms with Gasteiger partial charge in [-0.05, 0) is 23.7 Å². The lowest BCUT2D eigenvalue weighted by Crippen LogP contribution is -1.99. The average molecular weight is 224 g/mol. The first-order valence-corrected chi connectivity index (χ1v) is 4.29. The highest BCUT2D eigenvalue weighted by molar-refractivity contribution is 6.68. The first-order valence-electron chi connectivity index (χ1n) is 3.91. The molecule has 4 nitrogen and oxygen atoms in total. The Morgan fingerprint density at radius 2 is 2.27 bits per heavy atom. The van der Waals surface area contributed by atoms with E-state index in [1.54, 1.807) is 0 Å². The molecule has 0 unspecified atom stereocenters. The van der Waals surface area contributed by atoms with Gasteiger partial charge in [0.2, 0.25) is 0 Å². The molecule has 0 spiro atoms. The first-order chi connectivity index (χ1) is 7.13. The maximum Gasteiger partial charge on any atom is 0.256 e. The molecular formula is C10H6ClNO3. The number of hydrogen-bond acceptors (Lipinski definition) is 4. The lowest BCUT2D eigenvalue weighted by Gasteiger charge is -2.06. The summed E-state index contributed by atoms with van der Waals surface area (Å²) >= 11 is 5.29. The minimum absolute atomic E-state index is 0.0697. The molecule has 15 heavy (non-hydrogen) atoms. The van der Waals surface area contributed by atoms with Crippen LogP contribution in [0.4, 0.5) is 0 Å². The van der Waals surface area contributed by atoms with Crippen LogP contribution in [0.3, 0.4) is 0 Å². The minimum atomic E-state index is -0.737. The van der Waals surface area contributed by atoms with E-state index in [4.69, 9.17) is 21.6 Å². The number of carbonyl (C=O) groups is 2. The van der Waals surface area contributed by atoms with Crippen molar-refractivity contribution in [2.24, 2.45) is 0 Å². The molecule has 0 fully saturated rings. The fourth-order valence-electron chi connectivity index (χ4n) is 1.11. The Hall–Kier alpha value is -1.86. The molecule has 0 saturated heterocycles. The van der Waals surface area contributed by atoms with Crippen LogP contribution in [0.15, 0.2) is 12.1 Å². The van der Waals surface area contributed by atoms with Crippen LogP contribution in [0.5, 0.6) is 5.75 Å². The Morgan fingerprint density at radius 3 is 2.67 bits per heavy atom. The van der Waals surface area contributed by atoms with Crippen LogP contribution >= 0.6 is 11.6 Å². The zero-order valence-electron chi connectivity index (χ0n) is 7.78. The largest absolute Gasteiger partial charge is 0.496 e. The van der Waals surface area contributed by atoms with E-state index in [0.717, 1.165) is 0 Å². The number of ether oxygens (including phenoxy) is 1. The number of nitrogens with zero attached hydrogens (tertiary/aromatic N) is 1. The number of benzene rings is 1. The van der Waals surface area contributed by atoms with Crippen molar-refractivity contribution in [3.8, 4) is 11.8 Å². The fourth-order valence-corrected chi connectivity index (χ4v) is 1.26. The van der Waals surface area contributed by atoms with Crippen molar-refractivity contribution >= 4 is 23.1 Å². The summed E-state index contributed by atoms with van der Waals surface area (Å²) in [5.41, 5.74) is 0.325. The number of halogens is 1. The highest BCUT2D eigenvalue weighted by atomic mass is 35.5. The van der Waals surface area contributed by atoms with E-state index >= 15 is 0 Å². The maximum atomic E-state index is 11.0. The summed E-state index contributed by atoms with van der Waals surface area (Å²) in [5.74, 6) is 0.178. The smallest absolute Gasteiger partial charge is 0.256 e. The standard InChI is InChI=1S/C10H6ClNO3/c1-15-9-3-6(4-12)7(5-13)2-8(9)10(11)14/h2-3,5H,1H3. The third-order valence-corrected chi connectivity index (χ3v) is 2.03. The van der Waals surface area contributed by atoms with Gasteiger partial charge in [-0.1, -0.05) is 0 Å². The molecule has 1 aromatic rings. The Bertz CT molecular complexity index is 462. The third-order valence-electron chi connectivity index (χ3n) is 1.83. The van der Waals surface area contributed by atoms with Crippen LogP contribution in [-0.2, 0) is 0 Å². The van der Waals surface area contributed by atoms with Crippen LogP contribution in [0.1, 0.15) is 26.3 Å². The van der Waals surface area contributed by atoms with Gasteiger partial charge in [0.15, 0.2) is 6.29 Å². The zero-order chi connectivity index (χ0) is 11.4. The van der Waals surface area contributed by atoms with Crippen LogP contribution in [0.2, 0.25) is 0 Å². The molecule has 0 aliphatic heterocycles. The molecule has 0 radical (unpaired) electrons. The first kappa shape index (κ1) is 11.2. The highest BCUT2D eigenvalue weighted by Crippen LogP contribution is 2.24. The van der Waals surface area contributed by atoms with Crippen molar-refractivity contribution in [3.63, 3.8) is 0 Å². The number of carbonyl (C=O) groups excluding carboxylic acids is 2. The minimum Gasteiger partial charge on any atom is -0.496 e. The van der Waals surface area contributed by atoms with Gasteiger partial charge < -0.3 is 4.74 Å². The maximum absolute atomic E-state index is 11.0. The Morgan fingerprint density at radius 1 is 1.60 bits per heavy atom. The molecule has 0 heterocycles. The van der Waals surface area contributed by atoms with Gasteiger partial charge in [0.05, 0.1) is 18.2 Å². The number of nitriles is 1. The van der Waals surface area contributed by atoms with Crippen molar-refractivity contribution < 1.29 is 14.3 Å². The van der Waals surface area contributed by atoms with Crippen molar-refractivity contribution in [2.75, 3.05) is 7.11 Å². The van der Waals surface area contributed by atoms with Crippen molar-refractivity contribution in [1.82, 2.24) is 0 Å². The van der Waals surface area contributed by atoms with Gasteiger partial charge in [0.25, 0.3) is 5.24 Å². The summed E-state index contributed by atoms with van der Waals surface area (Å²) < 4.78 is 4.88. The second-order valence-corrected chi connectivity index (χ2v) is 2.99. The monoisotopic (exact) mass is 223 g/mol. The molecule has 1 rings (SSSR count). The van der Waals surface area contributed by atoms with Gasteiger partial charge in [-0.25, -0.2) is 0 Å². The molecule has 0 aromatic heterocycles. The molecule has 1 aromatic carbocycles. The van der Waals surface area contributed by atoms with E-state index in [1.165, 1.54) is 19.2 Å². The topological polar surface area (TPSA) is 67.2 Å². The average Bonchev–Trinajstić information content (AvgIpc) is 2.26. The van der Waals surface area contributed by atoms with Gasteiger partial charge in [0.1, 0.15) is 11.8 Å². The summed E-state index contributed by atoms with van der Waals surface area (Å²) in [6.45, 7) is 0. The molecule has 0 aliphatic rings. The molecule has 0 aliphatic carbocycles. The quantitative estimate of drug-likeness (QED) is 0.578. The summed E-state index contributed by atoms with van der Waals surface area (Å²) in [4.78, 5) is 21.6. The SMILES string of the molecule is COc1cc(C#N)c(C=O)cc1C(=O)Cl. The Balaban J connectivity index is 3.49. The molecule has 0 N–H and O–H groups in total. The molecule has 0 saturated carbocycles. The fraction of sp³-hybridized carbons (Fsp3) is 0.100. The van der Waals surface area contributed by atoms with E-state index < -0.39 is 5.24 Å². The molecule has 0 bridgehead atoms. The zero-order valence-corrected chi connectivity index (χ0v) is 8.54. The summed E-state index contributed by atoms with van der Waals surface area (Å²) in [6, 6.07) is 4.36. The second-order valence-electron chi connectivity index (χ2n) is 2.64. The summed E-state index contributed by atoms with van der Waals surface area (Å²) in [5, 5.41) is 7.98. The van der Waals surface area contributed by atoms with E-state index in [9.17, 15) is 9.59 Å². The van der Waals surface area contributed by atoms with Crippen molar-refractivity contribution in [3.05, 3.63) is 28.8 Å². The van der Waals surface area contributed by atoms with E-state index in [-0.39, 0.29) is 22.4 Å². The third kappa shape index (κ3) is 2.14. The number of methoxy groups -OCH3 is 1. The van der Waals surface area contributed by atoms with Gasteiger partial charge in [-0.3, -0.25) is 9.59 Å². The molecule has 76 valence electrons. The molecule has 5 heteroatoms. The predicted molar refractivity (Wildman–Crippen MR) is 53.3 cm³/mol. The Kier molecular flexibility index (Phi) is 3.42. The van der Waals surface area contributed by atoms with E-state index in [2.05, 4.69) is 0 Å². The van der Waals surface area contributed by atoms with Crippen LogP contribution < -0.4 is 4.74 Å². The second kappa shape index (κ2) is 4.58.